The fourth-order valence-electron chi connectivity index (χ4n) is 1.71. The molecule has 0 saturated heterocycles. The fraction of sp³-hybridized carbons (Fsp3) is 0.188. The minimum Gasteiger partial charge on any atom is -0.282 e. The molecule has 6 heteroatoms. The molecule has 2 rings (SSSR count). The first kappa shape index (κ1) is 16.7. The van der Waals surface area contributed by atoms with Crippen molar-refractivity contribution >= 4 is 27.0 Å². The maximum absolute atomic E-state index is 11.9. The molecular formula is C16H16O4S2. The molecule has 22 heavy (non-hydrogen) atoms. The van der Waals surface area contributed by atoms with Crippen LogP contribution in [0.15, 0.2) is 59.5 Å². The second-order valence-electron chi connectivity index (χ2n) is 4.59. The lowest BCUT2D eigenvalue weighted by atomic mass is 10.2. The molecule has 0 heterocycles. The van der Waals surface area contributed by atoms with E-state index in [1.807, 2.05) is 13.0 Å². The maximum Gasteiger partial charge on any atom is 0.296 e. The Bertz CT molecular complexity index is 723. The molecule has 0 aliphatic rings. The molecule has 2 aromatic rings. The van der Waals surface area contributed by atoms with Gasteiger partial charge in [-0.05, 0) is 19.1 Å². The third kappa shape index (κ3) is 4.69. The lowest BCUT2D eigenvalue weighted by molar-refractivity contribution is 0.108. The van der Waals surface area contributed by atoms with Gasteiger partial charge in [-0.1, -0.05) is 59.8 Å². The summed E-state index contributed by atoms with van der Waals surface area (Å²) in [6.07, 6.45) is 0. The molecule has 0 fully saturated rings. The van der Waals surface area contributed by atoms with Crippen LogP contribution in [0.2, 0.25) is 0 Å². The molecule has 0 bridgehead atoms. The molecular weight excluding hydrogens is 320 g/mol. The summed E-state index contributed by atoms with van der Waals surface area (Å²) in [5, 5.41) is -0.100. The van der Waals surface area contributed by atoms with Crippen molar-refractivity contribution < 1.29 is 17.4 Å². The Morgan fingerprint density at radius 2 is 1.68 bits per heavy atom. The molecule has 0 aromatic heterocycles. The van der Waals surface area contributed by atoms with E-state index in [9.17, 15) is 13.2 Å². The van der Waals surface area contributed by atoms with E-state index in [2.05, 4.69) is 0 Å². The predicted octanol–water partition coefficient (Wildman–Crippen LogP) is 3.27. The van der Waals surface area contributed by atoms with Crippen LogP contribution >= 0.6 is 11.8 Å². The van der Waals surface area contributed by atoms with Crippen LogP contribution in [-0.4, -0.2) is 25.9 Å². The summed E-state index contributed by atoms with van der Waals surface area (Å²) in [6.45, 7) is 1.84. The average molecular weight is 336 g/mol. The van der Waals surface area contributed by atoms with Crippen molar-refractivity contribution in [3.05, 3.63) is 65.7 Å². The zero-order chi connectivity index (χ0) is 16.0. The van der Waals surface area contributed by atoms with E-state index < -0.39 is 10.1 Å². The van der Waals surface area contributed by atoms with E-state index in [4.69, 9.17) is 4.18 Å². The highest BCUT2D eigenvalue weighted by Gasteiger charge is 2.15. The van der Waals surface area contributed by atoms with Crippen LogP contribution in [0.3, 0.4) is 0 Å². The molecule has 0 atom stereocenters. The quantitative estimate of drug-likeness (QED) is 0.598. The highest BCUT2D eigenvalue weighted by molar-refractivity contribution is 8.14. The summed E-state index contributed by atoms with van der Waals surface area (Å²) in [4.78, 5) is 12.0. The molecule has 0 aliphatic carbocycles. The summed E-state index contributed by atoms with van der Waals surface area (Å²) in [7, 11) is -3.76. The molecule has 0 unspecified atom stereocenters. The first-order valence-electron chi connectivity index (χ1n) is 6.67. The number of hydrogen-bond acceptors (Lipinski definition) is 5. The Morgan fingerprint density at radius 1 is 1.05 bits per heavy atom. The summed E-state index contributed by atoms with van der Waals surface area (Å²) in [5.74, 6) is 0.277. The topological polar surface area (TPSA) is 60.4 Å². The van der Waals surface area contributed by atoms with Gasteiger partial charge in [0.25, 0.3) is 10.1 Å². The summed E-state index contributed by atoms with van der Waals surface area (Å²) < 4.78 is 28.8. The van der Waals surface area contributed by atoms with Gasteiger partial charge in [0.2, 0.25) is 5.12 Å². The number of carbonyl (C=O) groups is 1. The minimum atomic E-state index is -3.76. The van der Waals surface area contributed by atoms with Gasteiger partial charge < -0.3 is 0 Å². The summed E-state index contributed by atoms with van der Waals surface area (Å²) in [6, 6.07) is 15.3. The van der Waals surface area contributed by atoms with Gasteiger partial charge in [-0.25, -0.2) is 0 Å². The van der Waals surface area contributed by atoms with E-state index in [-0.39, 0.29) is 22.4 Å². The van der Waals surface area contributed by atoms with Gasteiger partial charge in [-0.2, -0.15) is 8.42 Å². The molecule has 2 aromatic carbocycles. The van der Waals surface area contributed by atoms with Crippen LogP contribution in [0.25, 0.3) is 0 Å². The zero-order valence-electron chi connectivity index (χ0n) is 12.1. The van der Waals surface area contributed by atoms with Gasteiger partial charge >= 0.3 is 0 Å². The largest absolute Gasteiger partial charge is 0.296 e. The first-order valence-corrected chi connectivity index (χ1v) is 9.07. The zero-order valence-corrected chi connectivity index (χ0v) is 13.7. The van der Waals surface area contributed by atoms with Crippen LogP contribution in [0.5, 0.6) is 0 Å². The van der Waals surface area contributed by atoms with E-state index in [0.717, 1.165) is 17.3 Å². The Hall–Kier alpha value is -1.63. The van der Waals surface area contributed by atoms with Crippen LogP contribution < -0.4 is 0 Å². The number of benzene rings is 2. The van der Waals surface area contributed by atoms with E-state index in [0.29, 0.717) is 5.56 Å². The second-order valence-corrected chi connectivity index (χ2v) is 7.27. The van der Waals surface area contributed by atoms with Crippen LogP contribution in [0, 0.1) is 6.92 Å². The van der Waals surface area contributed by atoms with Crippen molar-refractivity contribution in [1.82, 2.24) is 0 Å². The van der Waals surface area contributed by atoms with E-state index >= 15 is 0 Å². The van der Waals surface area contributed by atoms with Gasteiger partial charge in [0.05, 0.1) is 11.5 Å². The summed E-state index contributed by atoms with van der Waals surface area (Å²) in [5.41, 5.74) is 1.57. The molecule has 0 radical (unpaired) electrons. The van der Waals surface area contributed by atoms with Crippen molar-refractivity contribution in [2.75, 3.05) is 12.4 Å². The van der Waals surface area contributed by atoms with Gasteiger partial charge in [-0.15, -0.1) is 0 Å². The van der Waals surface area contributed by atoms with Crippen LogP contribution in [0.1, 0.15) is 15.9 Å². The fourth-order valence-corrected chi connectivity index (χ4v) is 3.38. The monoisotopic (exact) mass is 336 g/mol. The highest BCUT2D eigenvalue weighted by Crippen LogP contribution is 2.15. The van der Waals surface area contributed by atoms with Gasteiger partial charge in [-0.3, -0.25) is 8.98 Å². The van der Waals surface area contributed by atoms with E-state index in [1.165, 1.54) is 12.1 Å². The number of carbonyl (C=O) groups excluding carboxylic acids is 1. The van der Waals surface area contributed by atoms with Gasteiger partial charge in [0.1, 0.15) is 0 Å². The maximum atomic E-state index is 11.9. The molecule has 0 amide bonds. The van der Waals surface area contributed by atoms with Crippen molar-refractivity contribution in [3.63, 3.8) is 0 Å². The van der Waals surface area contributed by atoms with Crippen molar-refractivity contribution in [1.29, 1.82) is 0 Å². The lowest BCUT2D eigenvalue weighted by Crippen LogP contribution is -2.09. The van der Waals surface area contributed by atoms with Crippen molar-refractivity contribution in [3.8, 4) is 0 Å². The number of thioether (sulfide) groups is 1. The second kappa shape index (κ2) is 7.58. The van der Waals surface area contributed by atoms with E-state index in [1.54, 1.807) is 36.4 Å². The van der Waals surface area contributed by atoms with Gasteiger partial charge in [0, 0.05) is 11.3 Å². The van der Waals surface area contributed by atoms with Crippen LogP contribution in [0.4, 0.5) is 0 Å². The van der Waals surface area contributed by atoms with Crippen molar-refractivity contribution in [2.24, 2.45) is 0 Å². The SMILES string of the molecule is Cc1ccc(S(=O)(=O)OCCSC(=O)c2ccccc2)cc1. The molecule has 4 nitrogen and oxygen atoms in total. The molecule has 0 saturated carbocycles. The Morgan fingerprint density at radius 3 is 2.32 bits per heavy atom. The normalized spacial score (nSPS) is 11.3. The molecule has 0 spiro atoms. The first-order chi connectivity index (χ1) is 10.5. The Balaban J connectivity index is 1.83. The molecule has 0 aliphatic heterocycles. The Kier molecular flexibility index (Phi) is 5.76. The standard InChI is InChI=1S/C16H16O4S2/c1-13-7-9-15(10-8-13)22(18,19)20-11-12-21-16(17)14-5-3-2-4-6-14/h2-10H,11-12H2,1H3. The molecule has 0 N–H and O–H groups in total. The minimum absolute atomic E-state index is 0.0422. The average Bonchev–Trinajstić information content (AvgIpc) is 2.52. The number of hydrogen-bond donors (Lipinski definition) is 0. The van der Waals surface area contributed by atoms with Crippen LogP contribution in [-0.2, 0) is 14.3 Å². The highest BCUT2D eigenvalue weighted by atomic mass is 32.2. The summed E-state index contributed by atoms with van der Waals surface area (Å²) >= 11 is 1.04. The number of aryl methyl sites for hydroxylation is 1. The number of rotatable bonds is 6. The Labute approximate surface area is 134 Å². The third-order valence-electron chi connectivity index (χ3n) is 2.87. The smallest absolute Gasteiger partial charge is 0.282 e. The molecule has 116 valence electrons. The predicted molar refractivity (Wildman–Crippen MR) is 87.5 cm³/mol. The third-order valence-corrected chi connectivity index (χ3v) is 5.07. The van der Waals surface area contributed by atoms with Crippen molar-refractivity contribution in [2.45, 2.75) is 11.8 Å². The lowest BCUT2D eigenvalue weighted by Gasteiger charge is -2.05. The van der Waals surface area contributed by atoms with Gasteiger partial charge in [0.15, 0.2) is 0 Å².